The van der Waals surface area contributed by atoms with Gasteiger partial charge in [0.1, 0.15) is 10.8 Å². The first-order chi connectivity index (χ1) is 23.9. The Labute approximate surface area is 295 Å². The molecule has 0 unspecified atom stereocenters. The Balaban J connectivity index is 1.45. The van der Waals surface area contributed by atoms with Crippen LogP contribution in [0.1, 0.15) is 82.5 Å². The summed E-state index contributed by atoms with van der Waals surface area (Å²) < 4.78 is 10.3. The largest absolute Gasteiger partial charge is 0.511 e. The summed E-state index contributed by atoms with van der Waals surface area (Å²) in [6, 6.07) is 1.80. The van der Waals surface area contributed by atoms with Crippen LogP contribution in [0.2, 0.25) is 0 Å². The van der Waals surface area contributed by atoms with E-state index in [0.29, 0.717) is 29.2 Å². The van der Waals surface area contributed by atoms with Gasteiger partial charge in [-0.25, -0.2) is 19.8 Å². The van der Waals surface area contributed by atoms with Crippen LogP contribution in [0.15, 0.2) is 107 Å². The zero-order valence-electron chi connectivity index (χ0n) is 29.4. The fourth-order valence-electron chi connectivity index (χ4n) is 7.69. The van der Waals surface area contributed by atoms with Gasteiger partial charge in [-0.3, -0.25) is 4.79 Å². The van der Waals surface area contributed by atoms with Crippen LogP contribution < -0.4 is 11.1 Å². The maximum atomic E-state index is 12.8. The summed E-state index contributed by atoms with van der Waals surface area (Å²) in [4.78, 5) is 41.4. The minimum absolute atomic E-state index is 0.000800. The molecule has 8 bridgehead atoms. The molecule has 0 aromatic carbocycles. The molecule has 6 aliphatic rings. The van der Waals surface area contributed by atoms with E-state index in [1.807, 2.05) is 26.0 Å². The van der Waals surface area contributed by atoms with Gasteiger partial charge in [0.05, 0.1) is 53.5 Å². The number of aliphatic imine (C=N–C) groups is 3. The van der Waals surface area contributed by atoms with E-state index in [2.05, 4.69) is 32.2 Å². The lowest BCUT2D eigenvalue weighted by atomic mass is 9.86. The molecule has 0 spiro atoms. The number of methoxy groups -OCH3 is 1. The molecule has 1 saturated heterocycles. The molecule has 0 saturated carbocycles. The normalized spacial score (nSPS) is 22.5. The fraction of sp³-hybridized carbons (Fsp3) is 0.359. The van der Waals surface area contributed by atoms with E-state index in [1.165, 1.54) is 18.4 Å². The third-order valence-electron chi connectivity index (χ3n) is 10.4. The van der Waals surface area contributed by atoms with Crippen molar-refractivity contribution in [2.24, 2.45) is 26.8 Å². The number of esters is 2. The maximum absolute atomic E-state index is 12.8. The summed E-state index contributed by atoms with van der Waals surface area (Å²) in [5.74, 6) is -0.475. The lowest BCUT2D eigenvalue weighted by Crippen LogP contribution is -2.16. The predicted molar refractivity (Wildman–Crippen MR) is 198 cm³/mol. The average Bonchev–Trinajstić information content (AvgIpc) is 3.90. The molecule has 50 heavy (non-hydrogen) atoms. The topological polar surface area (TPSA) is 148 Å². The standard InChI is InChI=1S/C39H41N5O5S/c1-8-21-17(3)25-16-30-34(32-13-24(38(40)50-32)39(47)49-9-2)19(5)27(42-30)14-26-18(4)22(10-11-33(46)48-7)36(43-26)23-12-31(45)35-20(6)28(44-37(23)35)15-29(21)41-25/h13-16,18,22,43,45H,8-12,40H2,1-7H3/t18-,22-/m0/s1. The predicted octanol–water partition coefficient (Wildman–Crippen LogP) is 7.59. The first kappa shape index (κ1) is 33.5. The van der Waals surface area contributed by atoms with Gasteiger partial charge in [0.25, 0.3) is 0 Å². The number of hydrogen-bond donors (Lipinski definition) is 3. The first-order valence-electron chi connectivity index (χ1n) is 17.1. The van der Waals surface area contributed by atoms with Crippen LogP contribution in [0.3, 0.4) is 0 Å². The lowest BCUT2D eigenvalue weighted by Gasteiger charge is -2.17. The molecule has 4 N–H and O–H groups in total. The highest BCUT2D eigenvalue weighted by molar-refractivity contribution is 7.17. The number of anilines is 1. The molecule has 11 heteroatoms. The van der Waals surface area contributed by atoms with E-state index in [9.17, 15) is 14.7 Å². The second kappa shape index (κ2) is 12.7. The van der Waals surface area contributed by atoms with Crippen molar-refractivity contribution in [3.63, 3.8) is 0 Å². The Morgan fingerprint density at radius 1 is 1.02 bits per heavy atom. The molecule has 1 aliphatic carbocycles. The van der Waals surface area contributed by atoms with Crippen molar-refractivity contribution in [1.82, 2.24) is 5.32 Å². The minimum atomic E-state index is -0.454. The molecule has 1 fully saturated rings. The second-order valence-corrected chi connectivity index (χ2v) is 14.3. The van der Waals surface area contributed by atoms with Gasteiger partial charge in [0.2, 0.25) is 0 Å². The van der Waals surface area contributed by atoms with Crippen molar-refractivity contribution in [3.8, 4) is 0 Å². The summed E-state index contributed by atoms with van der Waals surface area (Å²) in [6.07, 6.45) is 8.06. The number of carbonyl (C=O) groups is 2. The highest BCUT2D eigenvalue weighted by Gasteiger charge is 2.41. The number of nitrogen functional groups attached to an aromatic ring is 1. The summed E-state index contributed by atoms with van der Waals surface area (Å²) in [5.41, 5.74) is 19.9. The van der Waals surface area contributed by atoms with E-state index in [0.717, 1.165) is 95.9 Å². The molecular formula is C39H41N5O5S. The quantitative estimate of drug-likeness (QED) is 0.250. The molecular weight excluding hydrogens is 651 g/mol. The van der Waals surface area contributed by atoms with Crippen LogP contribution in [0.25, 0.3) is 5.57 Å². The van der Waals surface area contributed by atoms with Gasteiger partial charge in [-0.05, 0) is 87.1 Å². The average molecular weight is 692 g/mol. The Kier molecular flexibility index (Phi) is 8.50. The van der Waals surface area contributed by atoms with Gasteiger partial charge in [0, 0.05) is 57.7 Å². The van der Waals surface area contributed by atoms with Gasteiger partial charge < -0.3 is 25.6 Å². The zero-order chi connectivity index (χ0) is 35.6. The monoisotopic (exact) mass is 691 g/mol. The number of rotatable bonds is 7. The van der Waals surface area contributed by atoms with Crippen LogP contribution in [-0.2, 0) is 14.3 Å². The maximum Gasteiger partial charge on any atom is 0.341 e. The smallest absolute Gasteiger partial charge is 0.341 e. The van der Waals surface area contributed by atoms with Gasteiger partial charge in [0.15, 0.2) is 0 Å². The van der Waals surface area contributed by atoms with Crippen molar-refractivity contribution in [3.05, 3.63) is 102 Å². The van der Waals surface area contributed by atoms with Gasteiger partial charge in [-0.1, -0.05) is 13.8 Å². The van der Waals surface area contributed by atoms with Crippen LogP contribution in [-0.4, -0.2) is 47.9 Å². The molecule has 1 aromatic rings. The minimum Gasteiger partial charge on any atom is -0.511 e. The Hall–Kier alpha value is -5.03. The molecule has 5 aliphatic heterocycles. The number of hydrogen-bond acceptors (Lipinski definition) is 11. The molecule has 7 rings (SSSR count). The van der Waals surface area contributed by atoms with Crippen LogP contribution in [0.5, 0.6) is 0 Å². The molecule has 0 amide bonds. The van der Waals surface area contributed by atoms with Gasteiger partial charge >= 0.3 is 11.9 Å². The number of carbonyl (C=O) groups excluding carboxylic acids is 2. The van der Waals surface area contributed by atoms with Gasteiger partial charge in [-0.15, -0.1) is 11.3 Å². The van der Waals surface area contributed by atoms with Crippen LogP contribution in [0.4, 0.5) is 5.00 Å². The number of thiophene rings is 1. The number of allylic oxidation sites excluding steroid dienone is 12. The SMILES string of the molecule is CCOC(=O)c1cc(C2=C(C)C3=NC2=CC2=NC(=CC4=C(C)C5=C(O)CC(=C6NC(=C3)[C@@H](C)[C@@H]6CCC(=O)OC)C5=N4)C(CC)=C2C)sc1N. The number of nitrogens with one attached hydrogen (secondary N) is 1. The number of aliphatic hydroxyl groups is 1. The number of nitrogens with zero attached hydrogens (tertiary/aromatic N) is 3. The van der Waals surface area contributed by atoms with E-state index in [1.54, 1.807) is 13.0 Å². The molecule has 0 radical (unpaired) electrons. The number of fused-ring (bicyclic) bond motifs is 5. The highest BCUT2D eigenvalue weighted by atomic mass is 32.1. The first-order valence-corrected chi connectivity index (χ1v) is 17.9. The number of aliphatic hydroxyl groups excluding tert-OH is 1. The Bertz CT molecular complexity index is 2140. The van der Waals surface area contributed by atoms with Crippen molar-refractivity contribution < 1.29 is 24.2 Å². The summed E-state index contributed by atoms with van der Waals surface area (Å²) in [7, 11) is 1.41. The third-order valence-corrected chi connectivity index (χ3v) is 11.4. The zero-order valence-corrected chi connectivity index (χ0v) is 30.2. The summed E-state index contributed by atoms with van der Waals surface area (Å²) >= 11 is 1.34. The molecule has 6 heterocycles. The van der Waals surface area contributed by atoms with E-state index in [-0.39, 0.29) is 30.8 Å². The van der Waals surface area contributed by atoms with Crippen molar-refractivity contribution in [1.29, 1.82) is 0 Å². The number of nitrogens with two attached hydrogens (primary N) is 1. The fourth-order valence-corrected chi connectivity index (χ4v) is 8.71. The van der Waals surface area contributed by atoms with Crippen LogP contribution >= 0.6 is 11.3 Å². The third kappa shape index (κ3) is 5.35. The summed E-state index contributed by atoms with van der Waals surface area (Å²) in [5, 5.41) is 15.4. The van der Waals surface area contributed by atoms with Crippen molar-refractivity contribution in [2.75, 3.05) is 19.5 Å². The van der Waals surface area contributed by atoms with Gasteiger partial charge in [-0.2, -0.15) is 0 Å². The molecule has 258 valence electrons. The van der Waals surface area contributed by atoms with E-state index in [4.69, 9.17) is 30.2 Å². The van der Waals surface area contributed by atoms with E-state index < -0.39 is 5.97 Å². The highest BCUT2D eigenvalue weighted by Crippen LogP contribution is 2.47. The van der Waals surface area contributed by atoms with Crippen molar-refractivity contribution >= 4 is 51.0 Å². The van der Waals surface area contributed by atoms with Crippen molar-refractivity contribution in [2.45, 2.75) is 67.2 Å². The molecule has 10 nitrogen and oxygen atoms in total. The Morgan fingerprint density at radius 2 is 1.76 bits per heavy atom. The lowest BCUT2D eigenvalue weighted by molar-refractivity contribution is -0.140. The second-order valence-electron chi connectivity index (χ2n) is 13.2. The number of ether oxygens (including phenoxy) is 2. The Morgan fingerprint density at radius 3 is 2.48 bits per heavy atom. The summed E-state index contributed by atoms with van der Waals surface area (Å²) in [6.45, 7) is 12.4. The molecule has 2 atom stereocenters. The molecule has 1 aromatic heterocycles. The van der Waals surface area contributed by atoms with E-state index >= 15 is 0 Å². The van der Waals surface area contributed by atoms with Crippen LogP contribution in [0, 0.1) is 11.8 Å².